The first-order chi connectivity index (χ1) is 13.7. The summed E-state index contributed by atoms with van der Waals surface area (Å²) >= 11 is 1.64. The molecule has 0 amide bonds. The molecule has 6 heteroatoms. The number of thioether (sulfide) groups is 1. The molecule has 1 unspecified atom stereocenters. The summed E-state index contributed by atoms with van der Waals surface area (Å²) in [6.45, 7) is 3.80. The van der Waals surface area contributed by atoms with Crippen LogP contribution in [0.1, 0.15) is 57.4 Å². The molecule has 0 aromatic heterocycles. The molecule has 1 aliphatic rings. The van der Waals surface area contributed by atoms with Gasteiger partial charge in [0.25, 0.3) is 0 Å². The van der Waals surface area contributed by atoms with Gasteiger partial charge < -0.3 is 14.2 Å². The van der Waals surface area contributed by atoms with Crippen molar-refractivity contribution in [3.8, 4) is 0 Å². The molecule has 28 heavy (non-hydrogen) atoms. The van der Waals surface area contributed by atoms with Crippen molar-refractivity contribution >= 4 is 23.5 Å². The van der Waals surface area contributed by atoms with Gasteiger partial charge in [-0.25, -0.2) is 0 Å². The Morgan fingerprint density at radius 2 is 2.00 bits per heavy atom. The van der Waals surface area contributed by atoms with Crippen LogP contribution in [0.3, 0.4) is 0 Å². The van der Waals surface area contributed by atoms with Crippen LogP contribution in [0.5, 0.6) is 0 Å². The molecule has 0 spiro atoms. The molecule has 0 N–H and O–H groups in total. The second kappa shape index (κ2) is 13.7. The number of hydrogen-bond acceptors (Lipinski definition) is 6. The average molecular weight is 409 g/mol. The van der Waals surface area contributed by atoms with Gasteiger partial charge in [-0.3, -0.25) is 9.59 Å². The largest absolute Gasteiger partial charge is 0.464 e. The van der Waals surface area contributed by atoms with E-state index in [2.05, 4.69) is 24.3 Å². The molecule has 0 radical (unpaired) electrons. The number of carbonyl (C=O) groups excluding carboxylic acids is 2. The lowest BCUT2D eigenvalue weighted by Gasteiger charge is -2.22. The van der Waals surface area contributed by atoms with Crippen molar-refractivity contribution in [2.24, 2.45) is 0 Å². The molecule has 0 aliphatic carbocycles. The lowest BCUT2D eigenvalue weighted by molar-refractivity contribution is -0.162. The molecular formula is C22H32O5S. The minimum Gasteiger partial charge on any atom is -0.464 e. The molecule has 5 nitrogen and oxygen atoms in total. The van der Waals surface area contributed by atoms with Gasteiger partial charge >= 0.3 is 5.97 Å². The highest BCUT2D eigenvalue weighted by molar-refractivity contribution is 7.99. The molecule has 1 atom stereocenters. The highest BCUT2D eigenvalue weighted by Crippen LogP contribution is 2.19. The van der Waals surface area contributed by atoms with Crippen LogP contribution < -0.4 is 0 Å². The first kappa shape index (κ1) is 22.9. The van der Waals surface area contributed by atoms with E-state index in [1.54, 1.807) is 11.8 Å². The third-order valence-corrected chi connectivity index (χ3v) is 5.44. The summed E-state index contributed by atoms with van der Waals surface area (Å²) in [4.78, 5) is 24.1. The SMILES string of the molecule is CCCC(=O)CC(=O)OCCSc1ccc(CCCOC2CCCCO2)cc1. The van der Waals surface area contributed by atoms with Crippen LogP contribution in [-0.2, 0) is 30.2 Å². The van der Waals surface area contributed by atoms with Crippen molar-refractivity contribution in [1.82, 2.24) is 0 Å². The van der Waals surface area contributed by atoms with E-state index in [9.17, 15) is 9.59 Å². The zero-order valence-electron chi connectivity index (χ0n) is 16.8. The molecule has 1 heterocycles. The van der Waals surface area contributed by atoms with E-state index in [0.717, 1.165) is 50.2 Å². The van der Waals surface area contributed by atoms with Crippen molar-refractivity contribution < 1.29 is 23.8 Å². The highest BCUT2D eigenvalue weighted by Gasteiger charge is 2.13. The standard InChI is InChI=1S/C22H32O5S/c1-2-6-19(23)17-21(24)25-15-16-28-20-11-9-18(10-12-20)7-5-14-27-22-8-3-4-13-26-22/h9-12,22H,2-8,13-17H2,1H3. The van der Waals surface area contributed by atoms with E-state index >= 15 is 0 Å². The molecule has 0 bridgehead atoms. The smallest absolute Gasteiger partial charge is 0.313 e. The van der Waals surface area contributed by atoms with E-state index in [1.165, 1.54) is 12.0 Å². The van der Waals surface area contributed by atoms with Crippen molar-refractivity contribution in [3.63, 3.8) is 0 Å². The van der Waals surface area contributed by atoms with Gasteiger partial charge in [0.2, 0.25) is 0 Å². The van der Waals surface area contributed by atoms with Crippen LogP contribution in [0.4, 0.5) is 0 Å². The fraction of sp³-hybridized carbons (Fsp3) is 0.636. The van der Waals surface area contributed by atoms with Gasteiger partial charge in [-0.15, -0.1) is 11.8 Å². The molecule has 1 aromatic rings. The van der Waals surface area contributed by atoms with Crippen molar-refractivity contribution in [2.75, 3.05) is 25.6 Å². The second-order valence-corrected chi connectivity index (χ2v) is 8.12. The van der Waals surface area contributed by atoms with Crippen LogP contribution in [0.2, 0.25) is 0 Å². The lowest BCUT2D eigenvalue weighted by Crippen LogP contribution is -2.22. The predicted molar refractivity (Wildman–Crippen MR) is 111 cm³/mol. The van der Waals surface area contributed by atoms with Gasteiger partial charge in [0.05, 0.1) is 6.61 Å². The summed E-state index contributed by atoms with van der Waals surface area (Å²) in [7, 11) is 0. The zero-order valence-corrected chi connectivity index (χ0v) is 17.6. The summed E-state index contributed by atoms with van der Waals surface area (Å²) in [6, 6.07) is 8.46. The first-order valence-corrected chi connectivity index (χ1v) is 11.3. The number of hydrogen-bond donors (Lipinski definition) is 0. The second-order valence-electron chi connectivity index (χ2n) is 6.95. The summed E-state index contributed by atoms with van der Waals surface area (Å²) < 4.78 is 16.4. The van der Waals surface area contributed by atoms with Gasteiger partial charge in [-0.2, -0.15) is 0 Å². The Hall–Kier alpha value is -1.37. The maximum Gasteiger partial charge on any atom is 0.313 e. The number of ether oxygens (including phenoxy) is 3. The van der Waals surface area contributed by atoms with E-state index in [4.69, 9.17) is 14.2 Å². The Bertz CT molecular complexity index is 581. The van der Waals surface area contributed by atoms with Crippen molar-refractivity contribution in [2.45, 2.75) is 69.5 Å². The number of rotatable bonds is 13. The Balaban J connectivity index is 1.54. The summed E-state index contributed by atoms with van der Waals surface area (Å²) in [5.74, 6) is 0.213. The molecule has 1 fully saturated rings. The van der Waals surface area contributed by atoms with Gasteiger partial charge in [0.1, 0.15) is 18.8 Å². The maximum atomic E-state index is 11.5. The molecule has 0 saturated carbocycles. The van der Waals surface area contributed by atoms with E-state index in [0.29, 0.717) is 18.8 Å². The van der Waals surface area contributed by atoms with Crippen LogP contribution in [-0.4, -0.2) is 43.6 Å². The number of carbonyl (C=O) groups is 2. The molecular weight excluding hydrogens is 376 g/mol. The van der Waals surface area contributed by atoms with Crippen molar-refractivity contribution in [1.29, 1.82) is 0 Å². The summed E-state index contributed by atoms with van der Waals surface area (Å²) in [6.07, 6.45) is 6.41. The van der Waals surface area contributed by atoms with Crippen LogP contribution >= 0.6 is 11.8 Å². The quantitative estimate of drug-likeness (QED) is 0.206. The van der Waals surface area contributed by atoms with E-state index in [1.807, 2.05) is 6.92 Å². The molecule has 156 valence electrons. The van der Waals surface area contributed by atoms with E-state index < -0.39 is 5.97 Å². The fourth-order valence-electron chi connectivity index (χ4n) is 2.98. The minimum atomic E-state index is -0.421. The minimum absolute atomic E-state index is 0.00797. The Morgan fingerprint density at radius 3 is 2.71 bits per heavy atom. The fourth-order valence-corrected chi connectivity index (χ4v) is 3.71. The number of ketones is 1. The van der Waals surface area contributed by atoms with E-state index in [-0.39, 0.29) is 18.5 Å². The molecule has 1 aromatic carbocycles. The van der Waals surface area contributed by atoms with Crippen LogP contribution in [0, 0.1) is 0 Å². The molecule has 1 aliphatic heterocycles. The van der Waals surface area contributed by atoms with Crippen molar-refractivity contribution in [3.05, 3.63) is 29.8 Å². The number of Topliss-reactive ketones (excluding diaryl/α,β-unsaturated/α-hetero) is 1. The number of aryl methyl sites for hydroxylation is 1. The average Bonchev–Trinajstić information content (AvgIpc) is 2.70. The Kier molecular flexibility index (Phi) is 11.3. The zero-order chi connectivity index (χ0) is 20.0. The first-order valence-electron chi connectivity index (χ1n) is 10.3. The normalized spacial score (nSPS) is 16.7. The van der Waals surface area contributed by atoms with Gasteiger partial charge in [0, 0.05) is 23.7 Å². The Labute approximate surface area is 172 Å². The molecule has 2 rings (SSSR count). The number of benzene rings is 1. The van der Waals surface area contributed by atoms with Crippen LogP contribution in [0.15, 0.2) is 29.2 Å². The highest BCUT2D eigenvalue weighted by atomic mass is 32.2. The van der Waals surface area contributed by atoms with Gasteiger partial charge in [-0.05, 0) is 56.2 Å². The predicted octanol–water partition coefficient (Wildman–Crippen LogP) is 4.56. The monoisotopic (exact) mass is 408 g/mol. The lowest BCUT2D eigenvalue weighted by atomic mass is 10.1. The number of esters is 1. The van der Waals surface area contributed by atoms with Crippen LogP contribution in [0.25, 0.3) is 0 Å². The maximum absolute atomic E-state index is 11.5. The third-order valence-electron chi connectivity index (χ3n) is 4.46. The molecule has 1 saturated heterocycles. The summed E-state index contributed by atoms with van der Waals surface area (Å²) in [5, 5.41) is 0. The van der Waals surface area contributed by atoms with Gasteiger partial charge in [-0.1, -0.05) is 19.1 Å². The van der Waals surface area contributed by atoms with Gasteiger partial charge in [0.15, 0.2) is 6.29 Å². The topological polar surface area (TPSA) is 61.8 Å². The third kappa shape index (κ3) is 9.71. The summed E-state index contributed by atoms with van der Waals surface area (Å²) in [5.41, 5.74) is 1.29. The Morgan fingerprint density at radius 1 is 1.18 bits per heavy atom.